The highest BCUT2D eigenvalue weighted by molar-refractivity contribution is 5.95. The second-order valence-electron chi connectivity index (χ2n) is 7.65. The van der Waals surface area contributed by atoms with Gasteiger partial charge in [0.25, 0.3) is 0 Å². The van der Waals surface area contributed by atoms with E-state index in [0.29, 0.717) is 37.7 Å². The van der Waals surface area contributed by atoms with E-state index < -0.39 is 11.6 Å². The molecule has 1 aromatic carbocycles. The van der Waals surface area contributed by atoms with Crippen molar-refractivity contribution in [3.05, 3.63) is 30.0 Å². The van der Waals surface area contributed by atoms with Gasteiger partial charge in [-0.25, -0.2) is 9.59 Å². The number of rotatable bonds is 4. The molecule has 0 unspecified atom stereocenters. The molecule has 1 saturated heterocycles. The molecular formula is C20H26N2O6. The molecule has 1 aliphatic rings. The molecule has 1 fully saturated rings. The maximum atomic E-state index is 12.2. The molecule has 2 aromatic rings. The van der Waals surface area contributed by atoms with E-state index in [4.69, 9.17) is 18.9 Å². The fourth-order valence-electron chi connectivity index (χ4n) is 2.92. The van der Waals surface area contributed by atoms with E-state index in [1.807, 2.05) is 39.0 Å². The number of ether oxygens (including phenoxy) is 4. The first-order chi connectivity index (χ1) is 13.2. The van der Waals surface area contributed by atoms with Crippen LogP contribution in [0.1, 0.15) is 31.3 Å². The van der Waals surface area contributed by atoms with Gasteiger partial charge in [0.2, 0.25) is 0 Å². The van der Waals surface area contributed by atoms with Crippen molar-refractivity contribution in [2.75, 3.05) is 33.4 Å². The molecule has 0 spiro atoms. The fraction of sp³-hybridized carbons (Fsp3) is 0.500. The number of carbonyl (C=O) groups is 2. The number of carbonyl (C=O) groups excluding carboxylic acids is 2. The Bertz CT molecular complexity index is 854. The van der Waals surface area contributed by atoms with Crippen molar-refractivity contribution in [1.82, 2.24) is 9.88 Å². The van der Waals surface area contributed by atoms with E-state index in [1.54, 1.807) is 11.0 Å². The Balaban J connectivity index is 1.58. The normalized spacial score (nSPS) is 17.4. The van der Waals surface area contributed by atoms with E-state index in [2.05, 4.69) is 4.98 Å². The van der Waals surface area contributed by atoms with Crippen LogP contribution in [-0.2, 0) is 14.2 Å². The van der Waals surface area contributed by atoms with Crippen LogP contribution in [0.5, 0.6) is 5.75 Å². The first-order valence-electron chi connectivity index (χ1n) is 9.18. The number of nitrogens with zero attached hydrogens (tertiary/aromatic N) is 1. The predicted molar refractivity (Wildman–Crippen MR) is 103 cm³/mol. The van der Waals surface area contributed by atoms with Crippen molar-refractivity contribution in [3.63, 3.8) is 0 Å². The predicted octanol–water partition coefficient (Wildman–Crippen LogP) is 2.97. The number of aromatic nitrogens is 1. The van der Waals surface area contributed by atoms with Gasteiger partial charge in [0.05, 0.1) is 20.3 Å². The number of morpholine rings is 1. The van der Waals surface area contributed by atoms with E-state index >= 15 is 0 Å². The molecule has 8 nitrogen and oxygen atoms in total. The molecule has 0 radical (unpaired) electrons. The van der Waals surface area contributed by atoms with Crippen LogP contribution < -0.4 is 4.74 Å². The maximum Gasteiger partial charge on any atom is 0.410 e. The average Bonchev–Trinajstić information content (AvgIpc) is 3.08. The van der Waals surface area contributed by atoms with Gasteiger partial charge in [-0.05, 0) is 45.0 Å². The van der Waals surface area contributed by atoms with Gasteiger partial charge in [-0.1, -0.05) is 0 Å². The highest BCUT2D eigenvalue weighted by Crippen LogP contribution is 2.23. The number of hydrogen-bond acceptors (Lipinski definition) is 6. The van der Waals surface area contributed by atoms with Crippen molar-refractivity contribution >= 4 is 23.0 Å². The molecule has 3 rings (SSSR count). The molecule has 2 heterocycles. The molecule has 0 aliphatic carbocycles. The minimum absolute atomic E-state index is 0.242. The first-order valence-corrected chi connectivity index (χ1v) is 9.18. The summed E-state index contributed by atoms with van der Waals surface area (Å²) in [6.07, 6.45) is -0.585. The van der Waals surface area contributed by atoms with E-state index in [-0.39, 0.29) is 12.2 Å². The van der Waals surface area contributed by atoms with Gasteiger partial charge in [-0.2, -0.15) is 0 Å². The Morgan fingerprint density at radius 1 is 1.29 bits per heavy atom. The quantitative estimate of drug-likeness (QED) is 0.808. The van der Waals surface area contributed by atoms with Crippen LogP contribution in [0.3, 0.4) is 0 Å². The minimum atomic E-state index is -0.531. The van der Waals surface area contributed by atoms with Gasteiger partial charge < -0.3 is 28.8 Å². The molecule has 1 aliphatic heterocycles. The second-order valence-corrected chi connectivity index (χ2v) is 7.65. The monoisotopic (exact) mass is 390 g/mol. The third kappa shape index (κ3) is 4.95. The van der Waals surface area contributed by atoms with Gasteiger partial charge in [0.1, 0.15) is 29.8 Å². The van der Waals surface area contributed by atoms with Crippen LogP contribution in [0.15, 0.2) is 24.3 Å². The summed E-state index contributed by atoms with van der Waals surface area (Å²) < 4.78 is 21.7. The molecule has 1 aromatic heterocycles. The van der Waals surface area contributed by atoms with E-state index in [1.165, 1.54) is 7.11 Å². The van der Waals surface area contributed by atoms with Crippen molar-refractivity contribution in [1.29, 1.82) is 0 Å². The van der Waals surface area contributed by atoms with E-state index in [0.717, 1.165) is 10.9 Å². The Hall–Kier alpha value is -2.74. The number of hydrogen-bond donors (Lipinski definition) is 1. The van der Waals surface area contributed by atoms with Crippen LogP contribution in [0, 0.1) is 0 Å². The number of esters is 1. The number of benzene rings is 1. The SMILES string of the molecule is COC(=O)c1cc2cc(OC[C@H]3CN(C(=O)OC(C)(C)C)CCO3)ccc2[nH]1. The van der Waals surface area contributed by atoms with Gasteiger partial charge >= 0.3 is 12.1 Å². The average molecular weight is 390 g/mol. The molecule has 0 bridgehead atoms. The molecule has 8 heteroatoms. The van der Waals surface area contributed by atoms with Crippen molar-refractivity contribution in [2.24, 2.45) is 0 Å². The van der Waals surface area contributed by atoms with Crippen molar-refractivity contribution < 1.29 is 28.5 Å². The maximum absolute atomic E-state index is 12.2. The van der Waals surface area contributed by atoms with Crippen molar-refractivity contribution in [3.8, 4) is 5.75 Å². The standard InChI is InChI=1S/C20H26N2O6/c1-20(2,3)28-19(24)22-7-8-26-15(11-22)12-27-14-5-6-16-13(9-14)10-17(21-16)18(23)25-4/h5-6,9-10,15,21H,7-8,11-12H2,1-4H3/t15-/m1/s1. The summed E-state index contributed by atoms with van der Waals surface area (Å²) in [4.78, 5) is 28.5. The molecule has 152 valence electrons. The Morgan fingerprint density at radius 2 is 2.07 bits per heavy atom. The summed E-state index contributed by atoms with van der Waals surface area (Å²) in [6.45, 7) is 7.18. The third-order valence-electron chi connectivity index (χ3n) is 4.22. The lowest BCUT2D eigenvalue weighted by molar-refractivity contribution is -0.0557. The van der Waals surface area contributed by atoms with Gasteiger partial charge in [0.15, 0.2) is 0 Å². The summed E-state index contributed by atoms with van der Waals surface area (Å²) in [5.41, 5.74) is 0.673. The summed E-state index contributed by atoms with van der Waals surface area (Å²) >= 11 is 0. The Kier molecular flexibility index (Phi) is 5.79. The fourth-order valence-corrected chi connectivity index (χ4v) is 2.92. The molecule has 1 N–H and O–H groups in total. The number of amides is 1. The number of H-pyrrole nitrogens is 1. The van der Waals surface area contributed by atoms with Gasteiger partial charge in [-0.3, -0.25) is 0 Å². The first kappa shape index (κ1) is 20.0. The summed E-state index contributed by atoms with van der Waals surface area (Å²) in [7, 11) is 1.34. The number of fused-ring (bicyclic) bond motifs is 1. The van der Waals surface area contributed by atoms with Crippen LogP contribution in [0.25, 0.3) is 10.9 Å². The van der Waals surface area contributed by atoms with Crippen LogP contribution >= 0.6 is 0 Å². The second kappa shape index (κ2) is 8.10. The lowest BCUT2D eigenvalue weighted by Crippen LogP contribution is -2.49. The zero-order valence-corrected chi connectivity index (χ0v) is 16.6. The molecule has 1 amide bonds. The van der Waals surface area contributed by atoms with Crippen LogP contribution in [0.4, 0.5) is 4.79 Å². The highest BCUT2D eigenvalue weighted by atomic mass is 16.6. The van der Waals surface area contributed by atoms with Crippen LogP contribution in [0.2, 0.25) is 0 Å². The minimum Gasteiger partial charge on any atom is -0.491 e. The largest absolute Gasteiger partial charge is 0.491 e. The Labute approximate surface area is 163 Å². The highest BCUT2D eigenvalue weighted by Gasteiger charge is 2.28. The lowest BCUT2D eigenvalue weighted by atomic mass is 10.2. The molecule has 1 atom stereocenters. The zero-order valence-electron chi connectivity index (χ0n) is 16.6. The lowest BCUT2D eigenvalue weighted by Gasteiger charge is -2.34. The van der Waals surface area contributed by atoms with Gasteiger partial charge in [-0.15, -0.1) is 0 Å². The number of nitrogens with one attached hydrogen (secondary N) is 1. The molecular weight excluding hydrogens is 364 g/mol. The topological polar surface area (TPSA) is 90.1 Å². The van der Waals surface area contributed by atoms with Crippen molar-refractivity contribution in [2.45, 2.75) is 32.5 Å². The summed E-state index contributed by atoms with van der Waals surface area (Å²) in [5, 5.41) is 0.845. The van der Waals surface area contributed by atoms with Gasteiger partial charge in [0, 0.05) is 17.4 Å². The summed E-state index contributed by atoms with van der Waals surface area (Å²) in [5.74, 6) is 0.234. The van der Waals surface area contributed by atoms with E-state index in [9.17, 15) is 9.59 Å². The third-order valence-corrected chi connectivity index (χ3v) is 4.22. The van der Waals surface area contributed by atoms with Crippen LogP contribution in [-0.4, -0.2) is 67.1 Å². The number of aromatic amines is 1. The Morgan fingerprint density at radius 3 is 2.79 bits per heavy atom. The summed E-state index contributed by atoms with van der Waals surface area (Å²) in [6, 6.07) is 7.21. The molecule has 28 heavy (non-hydrogen) atoms. The molecule has 0 saturated carbocycles. The zero-order chi connectivity index (χ0) is 20.3. The smallest absolute Gasteiger partial charge is 0.410 e. The number of methoxy groups -OCH3 is 1.